The molecule has 1 heterocycles. The maximum absolute atomic E-state index is 5.82. The largest absolute Gasteiger partial charge is 0.457 e. The summed E-state index contributed by atoms with van der Waals surface area (Å²) < 4.78 is 10.9. The first-order valence-electron chi connectivity index (χ1n) is 6.27. The van der Waals surface area contributed by atoms with Crippen molar-refractivity contribution >= 4 is 5.82 Å². The average Bonchev–Trinajstić information content (AvgIpc) is 2.40. The van der Waals surface area contributed by atoms with Gasteiger partial charge in [-0.25, -0.2) is 4.98 Å². The Balaban J connectivity index is 2.11. The molecule has 1 N–H and O–H groups in total. The molecular formula is C15H18N2O2. The molecule has 0 unspecified atom stereocenters. The van der Waals surface area contributed by atoms with Gasteiger partial charge >= 0.3 is 0 Å². The third-order valence-corrected chi connectivity index (χ3v) is 2.53. The summed E-state index contributed by atoms with van der Waals surface area (Å²) in [6.45, 7) is 3.44. The molecule has 1 aromatic carbocycles. The number of benzene rings is 1. The number of hydrogen-bond donors (Lipinski definition) is 1. The highest BCUT2D eigenvalue weighted by atomic mass is 16.5. The third-order valence-electron chi connectivity index (χ3n) is 2.53. The van der Waals surface area contributed by atoms with Crippen LogP contribution in [-0.2, 0) is 11.3 Å². The summed E-state index contributed by atoms with van der Waals surface area (Å²) in [6.07, 6.45) is 1.73. The fraction of sp³-hybridized carbons (Fsp3) is 0.267. The van der Waals surface area contributed by atoms with Crippen molar-refractivity contribution in [3.63, 3.8) is 0 Å². The van der Waals surface area contributed by atoms with Crippen LogP contribution in [0.1, 0.15) is 12.5 Å². The van der Waals surface area contributed by atoms with E-state index >= 15 is 0 Å². The summed E-state index contributed by atoms with van der Waals surface area (Å²) in [5, 5.41) is 3.15. The Morgan fingerprint density at radius 2 is 2.00 bits per heavy atom. The number of aromatic nitrogens is 1. The van der Waals surface area contributed by atoms with Crippen LogP contribution < -0.4 is 10.1 Å². The molecule has 0 atom stereocenters. The van der Waals surface area contributed by atoms with E-state index in [1.54, 1.807) is 13.3 Å². The van der Waals surface area contributed by atoms with E-state index in [0.717, 1.165) is 29.4 Å². The Hall–Kier alpha value is -2.07. The molecule has 1 aromatic heterocycles. The lowest BCUT2D eigenvalue weighted by molar-refractivity contribution is 0.184. The second kappa shape index (κ2) is 6.75. The monoisotopic (exact) mass is 258 g/mol. The van der Waals surface area contributed by atoms with Gasteiger partial charge in [0.2, 0.25) is 0 Å². The Bertz CT molecular complexity index is 482. The van der Waals surface area contributed by atoms with Gasteiger partial charge in [0.1, 0.15) is 17.3 Å². The quantitative estimate of drug-likeness (QED) is 0.861. The van der Waals surface area contributed by atoms with Gasteiger partial charge in [0.15, 0.2) is 0 Å². The average molecular weight is 258 g/mol. The maximum atomic E-state index is 5.82. The highest BCUT2D eigenvalue weighted by Gasteiger charge is 2.01. The van der Waals surface area contributed by atoms with Crippen LogP contribution in [0, 0.1) is 0 Å². The van der Waals surface area contributed by atoms with E-state index in [9.17, 15) is 0 Å². The zero-order chi connectivity index (χ0) is 13.5. The van der Waals surface area contributed by atoms with Crippen molar-refractivity contribution < 1.29 is 9.47 Å². The molecule has 0 saturated heterocycles. The topological polar surface area (TPSA) is 43.4 Å². The molecule has 100 valence electrons. The first-order chi connectivity index (χ1) is 9.31. The van der Waals surface area contributed by atoms with Crippen molar-refractivity contribution in [1.82, 2.24) is 4.98 Å². The van der Waals surface area contributed by atoms with Crippen LogP contribution >= 0.6 is 0 Å². The smallest absolute Gasteiger partial charge is 0.132 e. The predicted molar refractivity (Wildman–Crippen MR) is 75.6 cm³/mol. The summed E-state index contributed by atoms with van der Waals surface area (Å²) in [7, 11) is 1.68. The van der Waals surface area contributed by atoms with Crippen LogP contribution in [0.3, 0.4) is 0 Å². The molecule has 0 amide bonds. The van der Waals surface area contributed by atoms with Crippen molar-refractivity contribution in [2.75, 3.05) is 19.0 Å². The molecule has 4 nitrogen and oxygen atoms in total. The maximum Gasteiger partial charge on any atom is 0.132 e. The Morgan fingerprint density at radius 1 is 1.16 bits per heavy atom. The SMILES string of the molecule is CCNc1cc(Oc2cccc(COC)c2)ccn1. The van der Waals surface area contributed by atoms with Crippen LogP contribution in [0.25, 0.3) is 0 Å². The van der Waals surface area contributed by atoms with Crippen molar-refractivity contribution in [3.05, 3.63) is 48.2 Å². The molecule has 19 heavy (non-hydrogen) atoms. The lowest BCUT2D eigenvalue weighted by atomic mass is 10.2. The van der Waals surface area contributed by atoms with Gasteiger partial charge in [-0.05, 0) is 30.7 Å². The van der Waals surface area contributed by atoms with E-state index in [2.05, 4.69) is 10.3 Å². The molecule has 0 spiro atoms. The number of hydrogen-bond acceptors (Lipinski definition) is 4. The van der Waals surface area contributed by atoms with E-state index in [1.165, 1.54) is 0 Å². The first kappa shape index (κ1) is 13.4. The second-order valence-corrected chi connectivity index (χ2v) is 4.09. The number of methoxy groups -OCH3 is 1. The number of ether oxygens (including phenoxy) is 2. The molecule has 0 aliphatic carbocycles. The number of nitrogens with one attached hydrogen (secondary N) is 1. The predicted octanol–water partition coefficient (Wildman–Crippen LogP) is 3.45. The van der Waals surface area contributed by atoms with Crippen LogP contribution in [0.15, 0.2) is 42.6 Å². The van der Waals surface area contributed by atoms with E-state index < -0.39 is 0 Å². The molecule has 0 bridgehead atoms. The summed E-state index contributed by atoms with van der Waals surface area (Å²) in [5.41, 5.74) is 1.08. The molecule has 0 fully saturated rings. The number of rotatable bonds is 6. The fourth-order valence-electron chi connectivity index (χ4n) is 1.75. The number of pyridine rings is 1. The molecule has 0 aliphatic heterocycles. The zero-order valence-electron chi connectivity index (χ0n) is 11.2. The minimum Gasteiger partial charge on any atom is -0.457 e. The third kappa shape index (κ3) is 3.96. The molecule has 4 heteroatoms. The van der Waals surface area contributed by atoms with Crippen LogP contribution in [-0.4, -0.2) is 18.6 Å². The molecular weight excluding hydrogens is 240 g/mol. The Morgan fingerprint density at radius 3 is 2.79 bits per heavy atom. The Labute approximate surface area is 113 Å². The molecule has 0 radical (unpaired) electrons. The van der Waals surface area contributed by atoms with Crippen molar-refractivity contribution in [2.24, 2.45) is 0 Å². The van der Waals surface area contributed by atoms with Crippen LogP contribution in [0.5, 0.6) is 11.5 Å². The van der Waals surface area contributed by atoms with Gasteiger partial charge in [-0.15, -0.1) is 0 Å². The van der Waals surface area contributed by atoms with Gasteiger partial charge in [-0.2, -0.15) is 0 Å². The standard InChI is InChI=1S/C15H18N2O2/c1-3-16-15-10-14(7-8-17-15)19-13-6-4-5-12(9-13)11-18-2/h4-10H,3,11H2,1-2H3,(H,16,17). The van der Waals surface area contributed by atoms with Crippen LogP contribution in [0.4, 0.5) is 5.82 Å². The van der Waals surface area contributed by atoms with Gasteiger partial charge in [-0.1, -0.05) is 12.1 Å². The van der Waals surface area contributed by atoms with Gasteiger partial charge in [-0.3, -0.25) is 0 Å². The molecule has 2 aromatic rings. The minimum atomic E-state index is 0.580. The van der Waals surface area contributed by atoms with Gasteiger partial charge in [0.25, 0.3) is 0 Å². The van der Waals surface area contributed by atoms with Gasteiger partial charge in [0, 0.05) is 25.9 Å². The van der Waals surface area contributed by atoms with E-state index in [1.807, 2.05) is 43.3 Å². The van der Waals surface area contributed by atoms with E-state index in [4.69, 9.17) is 9.47 Å². The fourth-order valence-corrected chi connectivity index (χ4v) is 1.75. The van der Waals surface area contributed by atoms with E-state index in [-0.39, 0.29) is 0 Å². The highest BCUT2D eigenvalue weighted by molar-refractivity contribution is 5.42. The number of nitrogens with zero attached hydrogens (tertiary/aromatic N) is 1. The minimum absolute atomic E-state index is 0.580. The Kier molecular flexibility index (Phi) is 4.75. The lowest BCUT2D eigenvalue weighted by Crippen LogP contribution is -1.98. The van der Waals surface area contributed by atoms with E-state index in [0.29, 0.717) is 6.61 Å². The molecule has 0 aliphatic rings. The van der Waals surface area contributed by atoms with Crippen molar-refractivity contribution in [2.45, 2.75) is 13.5 Å². The second-order valence-electron chi connectivity index (χ2n) is 4.09. The summed E-state index contributed by atoms with van der Waals surface area (Å²) >= 11 is 0. The molecule has 0 saturated carbocycles. The highest BCUT2D eigenvalue weighted by Crippen LogP contribution is 2.23. The summed E-state index contributed by atoms with van der Waals surface area (Å²) in [6, 6.07) is 11.6. The van der Waals surface area contributed by atoms with Crippen molar-refractivity contribution in [1.29, 1.82) is 0 Å². The van der Waals surface area contributed by atoms with Crippen molar-refractivity contribution in [3.8, 4) is 11.5 Å². The normalized spacial score (nSPS) is 10.2. The summed E-state index contributed by atoms with van der Waals surface area (Å²) in [4.78, 5) is 4.21. The first-order valence-corrected chi connectivity index (χ1v) is 6.27. The van der Waals surface area contributed by atoms with Gasteiger partial charge < -0.3 is 14.8 Å². The lowest BCUT2D eigenvalue weighted by Gasteiger charge is -2.09. The summed E-state index contributed by atoms with van der Waals surface area (Å²) in [5.74, 6) is 2.37. The van der Waals surface area contributed by atoms with Gasteiger partial charge in [0.05, 0.1) is 6.61 Å². The zero-order valence-corrected chi connectivity index (χ0v) is 11.2. The molecule has 2 rings (SSSR count). The van der Waals surface area contributed by atoms with Crippen LogP contribution in [0.2, 0.25) is 0 Å². The number of anilines is 1.